The van der Waals surface area contributed by atoms with Gasteiger partial charge < -0.3 is 15.7 Å². The summed E-state index contributed by atoms with van der Waals surface area (Å²) < 4.78 is 0. The fourth-order valence-corrected chi connectivity index (χ4v) is 2.87. The van der Waals surface area contributed by atoms with E-state index in [1.807, 2.05) is 0 Å². The quantitative estimate of drug-likeness (QED) is 0.791. The molecule has 102 valence electrons. The Bertz CT molecular complexity index is 504. The second kappa shape index (κ2) is 6.27. The Kier molecular flexibility index (Phi) is 4.68. The highest BCUT2D eigenvalue weighted by atomic mass is 35.5. The summed E-state index contributed by atoms with van der Waals surface area (Å²) in [6, 6.07) is 4.00. The van der Waals surface area contributed by atoms with E-state index in [1.54, 1.807) is 11.8 Å². The van der Waals surface area contributed by atoms with Gasteiger partial charge in [-0.1, -0.05) is 11.6 Å². The highest BCUT2D eigenvalue weighted by molar-refractivity contribution is 7.99. The van der Waals surface area contributed by atoms with Gasteiger partial charge in [-0.15, -0.1) is 0 Å². The topological polar surface area (TPSA) is 78.4 Å². The van der Waals surface area contributed by atoms with Crippen molar-refractivity contribution in [1.82, 2.24) is 5.32 Å². The van der Waals surface area contributed by atoms with Gasteiger partial charge in [0.1, 0.15) is 0 Å². The first kappa shape index (κ1) is 14.2. The summed E-state index contributed by atoms with van der Waals surface area (Å²) in [4.78, 5) is 23.1. The van der Waals surface area contributed by atoms with Crippen LogP contribution in [0.2, 0.25) is 5.02 Å². The normalized spacial score (nSPS) is 18.9. The summed E-state index contributed by atoms with van der Waals surface area (Å²) >= 11 is 7.52. The van der Waals surface area contributed by atoms with Crippen LogP contribution >= 0.6 is 23.4 Å². The van der Waals surface area contributed by atoms with E-state index in [0.717, 1.165) is 12.3 Å². The smallest absolute Gasteiger partial charge is 0.337 e. The Hall–Kier alpha value is -1.24. The Morgan fingerprint density at radius 2 is 2.26 bits per heavy atom. The Labute approximate surface area is 119 Å². The molecular weight excluding hydrogens is 288 g/mol. The van der Waals surface area contributed by atoms with Crippen molar-refractivity contribution in [3.8, 4) is 0 Å². The molecule has 19 heavy (non-hydrogen) atoms. The van der Waals surface area contributed by atoms with Crippen molar-refractivity contribution in [3.05, 3.63) is 28.8 Å². The third kappa shape index (κ3) is 3.62. The van der Waals surface area contributed by atoms with E-state index < -0.39 is 5.97 Å². The van der Waals surface area contributed by atoms with Crippen LogP contribution in [-0.2, 0) is 4.79 Å². The number of thioether (sulfide) groups is 1. The lowest BCUT2D eigenvalue weighted by Crippen LogP contribution is -2.46. The van der Waals surface area contributed by atoms with E-state index in [2.05, 4.69) is 10.6 Å². The van der Waals surface area contributed by atoms with Gasteiger partial charge in [-0.05, 0) is 18.2 Å². The van der Waals surface area contributed by atoms with Gasteiger partial charge in [-0.2, -0.15) is 11.8 Å². The molecule has 0 aliphatic carbocycles. The summed E-state index contributed by atoms with van der Waals surface area (Å²) in [5.41, 5.74) is 0.253. The van der Waals surface area contributed by atoms with Gasteiger partial charge in [-0.25, -0.2) is 4.79 Å². The number of benzene rings is 1. The maximum absolute atomic E-state index is 12.0. The maximum Gasteiger partial charge on any atom is 0.337 e. The third-order valence-corrected chi connectivity index (χ3v) is 4.00. The zero-order valence-corrected chi connectivity index (χ0v) is 11.6. The van der Waals surface area contributed by atoms with Gasteiger partial charge in [0.05, 0.1) is 17.3 Å². The van der Waals surface area contributed by atoms with Crippen molar-refractivity contribution >= 4 is 40.9 Å². The predicted octanol–water partition coefficient (Wildman–Crippen LogP) is 1.68. The SMILES string of the molecule is O=C(O)c1ccc(Cl)cc1NC(=O)C1CSCCN1. The third-order valence-electron chi connectivity index (χ3n) is 2.71. The Morgan fingerprint density at radius 1 is 1.47 bits per heavy atom. The number of carboxylic acids is 1. The molecular formula is C12H13ClN2O3S. The number of carbonyl (C=O) groups excluding carboxylic acids is 1. The van der Waals surface area contributed by atoms with Gasteiger partial charge in [-0.3, -0.25) is 4.79 Å². The van der Waals surface area contributed by atoms with Crippen LogP contribution in [0.3, 0.4) is 0 Å². The molecule has 0 bridgehead atoms. The van der Waals surface area contributed by atoms with E-state index in [0.29, 0.717) is 10.8 Å². The molecule has 0 saturated carbocycles. The van der Waals surface area contributed by atoms with Gasteiger partial charge in [0.15, 0.2) is 0 Å². The first-order valence-electron chi connectivity index (χ1n) is 5.73. The molecule has 1 aromatic carbocycles. The molecule has 1 heterocycles. The number of nitrogens with one attached hydrogen (secondary N) is 2. The van der Waals surface area contributed by atoms with E-state index in [1.165, 1.54) is 18.2 Å². The largest absolute Gasteiger partial charge is 0.478 e. The standard InChI is InChI=1S/C12H13ClN2O3S/c13-7-1-2-8(12(17)18)9(5-7)15-11(16)10-6-19-4-3-14-10/h1-2,5,10,14H,3-4,6H2,(H,15,16)(H,17,18). The van der Waals surface area contributed by atoms with E-state index >= 15 is 0 Å². The molecule has 7 heteroatoms. The van der Waals surface area contributed by atoms with E-state index in [4.69, 9.17) is 16.7 Å². The number of hydrogen-bond donors (Lipinski definition) is 3. The van der Waals surface area contributed by atoms with Gasteiger partial charge in [0.25, 0.3) is 0 Å². The first-order chi connectivity index (χ1) is 9.08. The van der Waals surface area contributed by atoms with Crippen molar-refractivity contribution in [2.45, 2.75) is 6.04 Å². The summed E-state index contributed by atoms with van der Waals surface area (Å²) in [6.45, 7) is 0.768. The zero-order chi connectivity index (χ0) is 13.8. The van der Waals surface area contributed by atoms with Crippen LogP contribution in [0.5, 0.6) is 0 Å². The number of carboxylic acid groups (broad SMARTS) is 1. The van der Waals surface area contributed by atoms with Crippen LogP contribution in [0.4, 0.5) is 5.69 Å². The van der Waals surface area contributed by atoms with E-state index in [-0.39, 0.29) is 23.2 Å². The van der Waals surface area contributed by atoms with Gasteiger partial charge >= 0.3 is 5.97 Å². The Balaban J connectivity index is 2.15. The lowest BCUT2D eigenvalue weighted by atomic mass is 10.1. The number of anilines is 1. The molecule has 5 nitrogen and oxygen atoms in total. The number of amides is 1. The number of rotatable bonds is 3. The molecule has 1 unspecified atom stereocenters. The number of carbonyl (C=O) groups is 2. The molecule has 3 N–H and O–H groups in total. The number of aromatic carboxylic acids is 1. The van der Waals surface area contributed by atoms with Crippen LogP contribution in [0.15, 0.2) is 18.2 Å². The minimum absolute atomic E-state index is 0.0289. The molecule has 0 aromatic heterocycles. The summed E-state index contributed by atoms with van der Waals surface area (Å²) in [6.07, 6.45) is 0. The molecule has 1 aliphatic heterocycles. The van der Waals surface area contributed by atoms with Crippen molar-refractivity contribution in [3.63, 3.8) is 0 Å². The van der Waals surface area contributed by atoms with Crippen molar-refractivity contribution in [2.24, 2.45) is 0 Å². The van der Waals surface area contributed by atoms with Crippen molar-refractivity contribution in [2.75, 3.05) is 23.4 Å². The average molecular weight is 301 g/mol. The molecule has 1 amide bonds. The number of halogens is 1. The molecule has 1 fully saturated rings. The first-order valence-corrected chi connectivity index (χ1v) is 7.26. The van der Waals surface area contributed by atoms with Crippen LogP contribution < -0.4 is 10.6 Å². The second-order valence-electron chi connectivity index (χ2n) is 4.07. The highest BCUT2D eigenvalue weighted by Gasteiger charge is 2.22. The zero-order valence-electron chi connectivity index (χ0n) is 9.98. The highest BCUT2D eigenvalue weighted by Crippen LogP contribution is 2.22. The fraction of sp³-hybridized carbons (Fsp3) is 0.333. The molecule has 2 rings (SSSR count). The lowest BCUT2D eigenvalue weighted by molar-refractivity contribution is -0.117. The molecule has 1 aromatic rings. The minimum atomic E-state index is -1.10. The van der Waals surface area contributed by atoms with Gasteiger partial charge in [0.2, 0.25) is 5.91 Å². The summed E-state index contributed by atoms with van der Waals surface area (Å²) in [5, 5.41) is 15.2. The predicted molar refractivity (Wildman–Crippen MR) is 76.2 cm³/mol. The summed E-state index contributed by atoms with van der Waals surface area (Å²) in [5.74, 6) is 0.311. The van der Waals surface area contributed by atoms with Crippen LogP contribution in [0.25, 0.3) is 0 Å². The van der Waals surface area contributed by atoms with Crippen LogP contribution in [0, 0.1) is 0 Å². The number of hydrogen-bond acceptors (Lipinski definition) is 4. The molecule has 0 radical (unpaired) electrons. The molecule has 0 spiro atoms. The molecule has 1 aliphatic rings. The maximum atomic E-state index is 12.0. The molecule has 1 saturated heterocycles. The monoisotopic (exact) mass is 300 g/mol. The molecule has 1 atom stereocenters. The second-order valence-corrected chi connectivity index (χ2v) is 5.65. The van der Waals surface area contributed by atoms with Crippen LogP contribution in [-0.4, -0.2) is 41.1 Å². The Morgan fingerprint density at radius 3 is 2.89 bits per heavy atom. The van der Waals surface area contributed by atoms with Crippen molar-refractivity contribution in [1.29, 1.82) is 0 Å². The fourth-order valence-electron chi connectivity index (χ4n) is 1.76. The average Bonchev–Trinajstić information content (AvgIpc) is 2.39. The lowest BCUT2D eigenvalue weighted by Gasteiger charge is -2.22. The summed E-state index contributed by atoms with van der Waals surface area (Å²) in [7, 11) is 0. The minimum Gasteiger partial charge on any atom is -0.478 e. The van der Waals surface area contributed by atoms with Gasteiger partial charge in [0, 0.05) is 23.1 Å². The van der Waals surface area contributed by atoms with Crippen LogP contribution in [0.1, 0.15) is 10.4 Å². The van der Waals surface area contributed by atoms with Crippen molar-refractivity contribution < 1.29 is 14.7 Å². The van der Waals surface area contributed by atoms with E-state index in [9.17, 15) is 9.59 Å².